The summed E-state index contributed by atoms with van der Waals surface area (Å²) in [6.07, 6.45) is 1.31. The lowest BCUT2D eigenvalue weighted by Gasteiger charge is -2.10. The first-order valence-corrected chi connectivity index (χ1v) is 4.99. The molecule has 1 heterocycles. The highest BCUT2D eigenvalue weighted by Gasteiger charge is 2.18. The van der Waals surface area contributed by atoms with E-state index in [0.29, 0.717) is 0 Å². The van der Waals surface area contributed by atoms with Gasteiger partial charge in [0.1, 0.15) is 12.6 Å². The van der Waals surface area contributed by atoms with Crippen molar-refractivity contribution in [3.8, 4) is 0 Å². The van der Waals surface area contributed by atoms with Crippen LogP contribution in [0.5, 0.6) is 0 Å². The van der Waals surface area contributed by atoms with Crippen LogP contribution in [0, 0.1) is 10.1 Å². The van der Waals surface area contributed by atoms with E-state index in [1.165, 1.54) is 26.3 Å². The highest BCUT2D eigenvalue weighted by Crippen LogP contribution is 2.04. The second-order valence-corrected chi connectivity index (χ2v) is 3.44. The number of ether oxygens (including phenoxy) is 1. The standard InChI is InChI=1S/C9H12N4O5/c1-6(9(15)18-2)10-8(14)5-12-4-3-7(11-12)13(16)17/h3-4,6H,5H2,1-2H3,(H,10,14). The first-order valence-electron chi connectivity index (χ1n) is 4.99. The van der Waals surface area contributed by atoms with Crippen LogP contribution in [0.2, 0.25) is 0 Å². The average molecular weight is 256 g/mol. The van der Waals surface area contributed by atoms with Crippen LogP contribution >= 0.6 is 0 Å². The third kappa shape index (κ3) is 3.54. The number of carbonyl (C=O) groups excluding carboxylic acids is 2. The van der Waals surface area contributed by atoms with Gasteiger partial charge in [-0.3, -0.25) is 4.79 Å². The second-order valence-electron chi connectivity index (χ2n) is 3.44. The second kappa shape index (κ2) is 5.75. The monoisotopic (exact) mass is 256 g/mol. The van der Waals surface area contributed by atoms with Crippen molar-refractivity contribution < 1.29 is 19.2 Å². The molecule has 1 aromatic heterocycles. The maximum Gasteiger partial charge on any atom is 0.389 e. The Bertz CT molecular complexity index is 469. The van der Waals surface area contributed by atoms with Crippen molar-refractivity contribution in [3.63, 3.8) is 0 Å². The molecule has 0 aliphatic rings. The van der Waals surface area contributed by atoms with Gasteiger partial charge in [-0.15, -0.1) is 0 Å². The zero-order valence-electron chi connectivity index (χ0n) is 9.82. The molecule has 0 aliphatic carbocycles. The summed E-state index contributed by atoms with van der Waals surface area (Å²) in [7, 11) is 1.21. The number of amides is 1. The number of hydrogen-bond acceptors (Lipinski definition) is 6. The van der Waals surface area contributed by atoms with Crippen molar-refractivity contribution in [2.75, 3.05) is 7.11 Å². The molecule has 98 valence electrons. The van der Waals surface area contributed by atoms with Crippen LogP contribution in [0.15, 0.2) is 12.3 Å². The predicted molar refractivity (Wildman–Crippen MR) is 58.5 cm³/mol. The SMILES string of the molecule is COC(=O)C(C)NC(=O)Cn1ccc([N+](=O)[O-])n1. The van der Waals surface area contributed by atoms with Crippen LogP contribution in [-0.4, -0.2) is 39.7 Å². The molecule has 18 heavy (non-hydrogen) atoms. The van der Waals surface area contributed by atoms with Gasteiger partial charge in [0.25, 0.3) is 0 Å². The lowest BCUT2D eigenvalue weighted by atomic mass is 10.3. The fourth-order valence-corrected chi connectivity index (χ4v) is 1.21. The molecule has 0 saturated heterocycles. The Labute approximate surface area is 102 Å². The summed E-state index contributed by atoms with van der Waals surface area (Å²) in [5.74, 6) is -1.41. The van der Waals surface area contributed by atoms with E-state index < -0.39 is 22.8 Å². The van der Waals surface area contributed by atoms with Gasteiger partial charge in [0, 0.05) is 0 Å². The highest BCUT2D eigenvalue weighted by atomic mass is 16.6. The van der Waals surface area contributed by atoms with E-state index in [1.54, 1.807) is 0 Å². The number of carbonyl (C=O) groups is 2. The van der Waals surface area contributed by atoms with E-state index in [2.05, 4.69) is 15.2 Å². The van der Waals surface area contributed by atoms with E-state index in [1.807, 2.05) is 0 Å². The number of methoxy groups -OCH3 is 1. The number of rotatable bonds is 5. The molecule has 1 atom stereocenters. The lowest BCUT2D eigenvalue weighted by molar-refractivity contribution is -0.389. The minimum Gasteiger partial charge on any atom is -0.467 e. The molecule has 9 heteroatoms. The molecule has 1 aromatic rings. The molecule has 0 bridgehead atoms. The minimum absolute atomic E-state index is 0.213. The first-order chi connectivity index (χ1) is 8.43. The Hall–Kier alpha value is -2.45. The zero-order chi connectivity index (χ0) is 13.7. The van der Waals surface area contributed by atoms with Gasteiger partial charge in [-0.2, -0.15) is 4.68 Å². The third-order valence-electron chi connectivity index (χ3n) is 2.05. The number of nitrogens with zero attached hydrogens (tertiary/aromatic N) is 3. The molecular formula is C9H12N4O5. The summed E-state index contributed by atoms with van der Waals surface area (Å²) in [6, 6.07) is 0.393. The van der Waals surface area contributed by atoms with Crippen molar-refractivity contribution in [2.24, 2.45) is 0 Å². The fourth-order valence-electron chi connectivity index (χ4n) is 1.21. The lowest BCUT2D eigenvalue weighted by Crippen LogP contribution is -2.40. The van der Waals surface area contributed by atoms with E-state index in [0.717, 1.165) is 4.68 Å². The fraction of sp³-hybridized carbons (Fsp3) is 0.444. The molecule has 1 amide bonds. The zero-order valence-corrected chi connectivity index (χ0v) is 9.82. The van der Waals surface area contributed by atoms with Crippen LogP contribution in [-0.2, 0) is 20.9 Å². The van der Waals surface area contributed by atoms with Crippen molar-refractivity contribution in [1.29, 1.82) is 0 Å². The van der Waals surface area contributed by atoms with Crippen molar-refractivity contribution in [1.82, 2.24) is 15.1 Å². The van der Waals surface area contributed by atoms with Gasteiger partial charge in [-0.05, 0) is 11.8 Å². The largest absolute Gasteiger partial charge is 0.467 e. The number of aromatic nitrogens is 2. The highest BCUT2D eigenvalue weighted by molar-refractivity contribution is 5.83. The normalized spacial score (nSPS) is 11.7. The molecule has 0 aliphatic heterocycles. The molecule has 1 N–H and O–H groups in total. The van der Waals surface area contributed by atoms with Gasteiger partial charge in [0.05, 0.1) is 24.5 Å². The van der Waals surface area contributed by atoms with E-state index in [4.69, 9.17) is 0 Å². The Kier molecular flexibility index (Phi) is 4.35. The molecule has 1 rings (SSSR count). The molecular weight excluding hydrogens is 244 g/mol. The number of nitrogens with one attached hydrogen (secondary N) is 1. The topological polar surface area (TPSA) is 116 Å². The summed E-state index contributed by atoms with van der Waals surface area (Å²) in [5, 5.41) is 16.3. The smallest absolute Gasteiger partial charge is 0.389 e. The first kappa shape index (κ1) is 13.6. The molecule has 9 nitrogen and oxygen atoms in total. The van der Waals surface area contributed by atoms with Crippen molar-refractivity contribution >= 4 is 17.7 Å². The van der Waals surface area contributed by atoms with E-state index >= 15 is 0 Å². The van der Waals surface area contributed by atoms with Crippen LogP contribution in [0.3, 0.4) is 0 Å². The Morgan fingerprint density at radius 1 is 1.67 bits per heavy atom. The average Bonchev–Trinajstić information content (AvgIpc) is 2.76. The van der Waals surface area contributed by atoms with Crippen LogP contribution in [0.4, 0.5) is 5.82 Å². The third-order valence-corrected chi connectivity index (χ3v) is 2.05. The Morgan fingerprint density at radius 3 is 2.83 bits per heavy atom. The molecule has 0 saturated carbocycles. The summed E-state index contributed by atoms with van der Waals surface area (Å²) in [5.41, 5.74) is 0. The van der Waals surface area contributed by atoms with E-state index in [9.17, 15) is 19.7 Å². The van der Waals surface area contributed by atoms with Gasteiger partial charge in [0.15, 0.2) is 0 Å². The summed E-state index contributed by atoms with van der Waals surface area (Å²) in [6.45, 7) is 1.25. The summed E-state index contributed by atoms with van der Waals surface area (Å²) >= 11 is 0. The maximum absolute atomic E-state index is 11.5. The van der Waals surface area contributed by atoms with Gasteiger partial charge in [-0.1, -0.05) is 0 Å². The number of hydrogen-bond donors (Lipinski definition) is 1. The molecule has 0 aromatic carbocycles. The van der Waals surface area contributed by atoms with Crippen molar-refractivity contribution in [3.05, 3.63) is 22.4 Å². The minimum atomic E-state index is -0.784. The molecule has 0 spiro atoms. The maximum atomic E-state index is 11.5. The quantitative estimate of drug-likeness (QED) is 0.430. The molecule has 0 radical (unpaired) electrons. The van der Waals surface area contributed by atoms with E-state index in [-0.39, 0.29) is 12.4 Å². The Balaban J connectivity index is 2.54. The van der Waals surface area contributed by atoms with Crippen molar-refractivity contribution in [2.45, 2.75) is 19.5 Å². The van der Waals surface area contributed by atoms with Crippen LogP contribution in [0.1, 0.15) is 6.92 Å². The van der Waals surface area contributed by atoms with Gasteiger partial charge in [-0.25, -0.2) is 4.79 Å². The van der Waals surface area contributed by atoms with Crippen LogP contribution < -0.4 is 5.32 Å². The summed E-state index contributed by atoms with van der Waals surface area (Å²) < 4.78 is 5.54. The number of nitro groups is 1. The van der Waals surface area contributed by atoms with Crippen LogP contribution in [0.25, 0.3) is 0 Å². The van der Waals surface area contributed by atoms with Gasteiger partial charge >= 0.3 is 11.8 Å². The Morgan fingerprint density at radius 2 is 2.33 bits per heavy atom. The molecule has 1 unspecified atom stereocenters. The van der Waals surface area contributed by atoms with Gasteiger partial charge in [0.2, 0.25) is 5.91 Å². The van der Waals surface area contributed by atoms with Gasteiger partial charge < -0.3 is 20.2 Å². The molecule has 0 fully saturated rings. The number of esters is 1. The summed E-state index contributed by atoms with van der Waals surface area (Å²) in [4.78, 5) is 32.2. The predicted octanol–water partition coefficient (Wildman–Crippen LogP) is -0.531.